The molecule has 130 valence electrons. The van der Waals surface area contributed by atoms with E-state index in [0.29, 0.717) is 12.0 Å². The minimum Gasteiger partial charge on any atom is -0.481 e. The first-order valence-electron chi connectivity index (χ1n) is 7.80. The average molecular weight is 353 g/mol. The van der Waals surface area contributed by atoms with Crippen LogP contribution in [0.1, 0.15) is 37.0 Å². The van der Waals surface area contributed by atoms with Gasteiger partial charge in [-0.1, -0.05) is 23.7 Å². The van der Waals surface area contributed by atoms with Crippen LogP contribution in [-0.4, -0.2) is 28.8 Å². The summed E-state index contributed by atoms with van der Waals surface area (Å²) in [6.45, 7) is 2.03. The quantitative estimate of drug-likeness (QED) is 0.789. The molecule has 1 saturated heterocycles. The largest absolute Gasteiger partial charge is 0.481 e. The van der Waals surface area contributed by atoms with E-state index in [1.54, 1.807) is 6.07 Å². The highest BCUT2D eigenvalue weighted by molar-refractivity contribution is 6.30. The van der Waals surface area contributed by atoms with Crippen molar-refractivity contribution < 1.29 is 14.4 Å². The molecule has 0 radical (unpaired) electrons. The number of carbonyl (C=O) groups is 1. The lowest BCUT2D eigenvalue weighted by Gasteiger charge is -2.29. The fourth-order valence-electron chi connectivity index (χ4n) is 2.82. The molecule has 0 amide bonds. The first kappa shape index (κ1) is 18.3. The predicted molar refractivity (Wildman–Crippen MR) is 91.6 cm³/mol. The van der Waals surface area contributed by atoms with Gasteiger partial charge in [-0.2, -0.15) is 5.16 Å². The van der Waals surface area contributed by atoms with E-state index < -0.39 is 5.97 Å². The van der Waals surface area contributed by atoms with Gasteiger partial charge in [0, 0.05) is 30.0 Å². The molecule has 0 bridgehead atoms. The molecule has 1 aliphatic heterocycles. The Morgan fingerprint density at radius 2 is 2.04 bits per heavy atom. The Kier molecular flexibility index (Phi) is 6.63. The number of aromatic amines is 1. The maximum Gasteiger partial charge on any atom is 0.300 e. The molecule has 2 atom stereocenters. The van der Waals surface area contributed by atoms with Gasteiger partial charge < -0.3 is 14.9 Å². The van der Waals surface area contributed by atoms with Crippen molar-refractivity contribution in [3.05, 3.63) is 57.0 Å². The Labute approximate surface area is 144 Å². The van der Waals surface area contributed by atoms with E-state index in [1.807, 2.05) is 12.1 Å². The number of aromatic nitrogens is 1. The van der Waals surface area contributed by atoms with Crippen LogP contribution in [0.15, 0.2) is 39.6 Å². The van der Waals surface area contributed by atoms with Crippen LogP contribution in [0.5, 0.6) is 0 Å². The summed E-state index contributed by atoms with van der Waals surface area (Å²) in [5.41, 5.74) is 1.11. The van der Waals surface area contributed by atoms with Crippen LogP contribution >= 0.6 is 11.6 Å². The van der Waals surface area contributed by atoms with Gasteiger partial charge in [0.2, 0.25) is 0 Å². The predicted octanol–water partition coefficient (Wildman–Crippen LogP) is 2.79. The molecule has 0 spiro atoms. The van der Waals surface area contributed by atoms with Crippen molar-refractivity contribution >= 4 is 17.6 Å². The Balaban J connectivity index is 0.000000471. The van der Waals surface area contributed by atoms with E-state index in [1.165, 1.54) is 5.56 Å². The highest BCUT2D eigenvalue weighted by Crippen LogP contribution is 2.28. The van der Waals surface area contributed by atoms with Crippen LogP contribution < -0.4 is 10.9 Å². The van der Waals surface area contributed by atoms with Crippen molar-refractivity contribution in [2.24, 2.45) is 0 Å². The van der Waals surface area contributed by atoms with Crippen LogP contribution in [0, 0.1) is 0 Å². The maximum absolute atomic E-state index is 11.2. The molecular weight excluding hydrogens is 332 g/mol. The summed E-state index contributed by atoms with van der Waals surface area (Å²) < 4.78 is 5.24. The lowest BCUT2D eigenvalue weighted by molar-refractivity contribution is -0.134. The number of piperidine rings is 1. The first-order valence-corrected chi connectivity index (χ1v) is 8.17. The van der Waals surface area contributed by atoms with E-state index >= 15 is 0 Å². The van der Waals surface area contributed by atoms with E-state index in [0.717, 1.165) is 43.5 Å². The Morgan fingerprint density at radius 3 is 2.62 bits per heavy atom. The summed E-state index contributed by atoms with van der Waals surface area (Å²) in [5.74, 6) is 0.255. The topological polar surface area (TPSA) is 95.3 Å². The average Bonchev–Trinajstić information content (AvgIpc) is 2.96. The number of H-pyrrole nitrogens is 1. The second-order valence-corrected chi connectivity index (χ2v) is 6.27. The molecule has 7 heteroatoms. The van der Waals surface area contributed by atoms with Crippen molar-refractivity contribution in [1.29, 1.82) is 0 Å². The summed E-state index contributed by atoms with van der Waals surface area (Å²) in [7, 11) is 0. The number of hydrogen-bond acceptors (Lipinski definition) is 4. The van der Waals surface area contributed by atoms with Gasteiger partial charge in [0.1, 0.15) is 5.76 Å². The summed E-state index contributed by atoms with van der Waals surface area (Å²) in [6, 6.07) is 9.92. The monoisotopic (exact) mass is 352 g/mol. The third kappa shape index (κ3) is 5.86. The maximum atomic E-state index is 11.2. The minimum absolute atomic E-state index is 0.159. The van der Waals surface area contributed by atoms with Gasteiger partial charge in [-0.3, -0.25) is 9.59 Å². The van der Waals surface area contributed by atoms with Crippen molar-refractivity contribution in [1.82, 2.24) is 10.5 Å². The zero-order chi connectivity index (χ0) is 17.5. The van der Waals surface area contributed by atoms with Crippen LogP contribution in [-0.2, 0) is 11.2 Å². The second-order valence-electron chi connectivity index (χ2n) is 5.84. The normalized spacial score (nSPS) is 20.1. The molecule has 6 nitrogen and oxygen atoms in total. The van der Waals surface area contributed by atoms with E-state index in [2.05, 4.69) is 22.6 Å². The molecule has 1 aromatic heterocycles. The minimum atomic E-state index is -0.833. The smallest absolute Gasteiger partial charge is 0.300 e. The molecule has 1 aromatic carbocycles. The Bertz CT molecular complexity index is 704. The number of carboxylic acids is 1. The Hall–Kier alpha value is -2.05. The van der Waals surface area contributed by atoms with Crippen molar-refractivity contribution in [2.75, 3.05) is 6.54 Å². The number of rotatable bonds is 3. The number of halogens is 1. The summed E-state index contributed by atoms with van der Waals surface area (Å²) in [4.78, 5) is 20.2. The van der Waals surface area contributed by atoms with Gasteiger partial charge in [0.15, 0.2) is 0 Å². The molecule has 3 rings (SSSR count). The fourth-order valence-corrected chi connectivity index (χ4v) is 2.95. The number of hydrogen-bond donors (Lipinski definition) is 3. The molecule has 3 N–H and O–H groups in total. The van der Waals surface area contributed by atoms with Crippen molar-refractivity contribution in [3.8, 4) is 0 Å². The molecule has 24 heavy (non-hydrogen) atoms. The van der Waals surface area contributed by atoms with Crippen LogP contribution in [0.4, 0.5) is 0 Å². The third-order valence-electron chi connectivity index (χ3n) is 3.84. The molecule has 1 fully saturated rings. The molecule has 0 unspecified atom stereocenters. The lowest BCUT2D eigenvalue weighted by atomic mass is 9.87. The molecule has 0 aliphatic carbocycles. The van der Waals surface area contributed by atoms with Gasteiger partial charge in [0.25, 0.3) is 11.5 Å². The van der Waals surface area contributed by atoms with Gasteiger partial charge in [0.05, 0.1) is 0 Å². The van der Waals surface area contributed by atoms with Gasteiger partial charge in [-0.25, -0.2) is 0 Å². The highest BCUT2D eigenvalue weighted by atomic mass is 35.5. The number of aliphatic carboxylic acids is 1. The second kappa shape index (κ2) is 8.70. The summed E-state index contributed by atoms with van der Waals surface area (Å²) >= 11 is 5.90. The van der Waals surface area contributed by atoms with Crippen LogP contribution in [0.25, 0.3) is 0 Å². The molecule has 2 aromatic rings. The number of carboxylic acid groups (broad SMARTS) is 1. The third-order valence-corrected chi connectivity index (χ3v) is 4.09. The molecule has 1 aliphatic rings. The van der Waals surface area contributed by atoms with Crippen molar-refractivity contribution in [3.63, 3.8) is 0 Å². The van der Waals surface area contributed by atoms with Crippen LogP contribution in [0.3, 0.4) is 0 Å². The van der Waals surface area contributed by atoms with Gasteiger partial charge in [-0.05, 0) is 43.5 Å². The van der Waals surface area contributed by atoms with Crippen molar-refractivity contribution in [2.45, 2.75) is 38.1 Å². The van der Waals surface area contributed by atoms with Crippen LogP contribution in [0.2, 0.25) is 5.02 Å². The molecule has 2 heterocycles. The van der Waals surface area contributed by atoms with E-state index in [4.69, 9.17) is 26.0 Å². The number of benzene rings is 1. The summed E-state index contributed by atoms with van der Waals surface area (Å²) in [6.07, 6.45) is 2.93. The highest BCUT2D eigenvalue weighted by Gasteiger charge is 2.25. The SMILES string of the molecule is CC(=O)O.O=c1cc([C@@H]2CCN[C@@H](Cc3ccc(Cl)cc3)C2)o[nH]1. The Morgan fingerprint density at radius 1 is 1.38 bits per heavy atom. The van der Waals surface area contributed by atoms with Gasteiger partial charge in [-0.15, -0.1) is 0 Å². The van der Waals surface area contributed by atoms with E-state index in [-0.39, 0.29) is 5.56 Å². The first-order chi connectivity index (χ1) is 11.4. The zero-order valence-electron chi connectivity index (χ0n) is 13.4. The zero-order valence-corrected chi connectivity index (χ0v) is 14.2. The standard InChI is InChI=1S/C15H17ClN2O2.C2H4O2/c16-12-3-1-10(2-4-12)7-13-8-11(5-6-17-13)14-9-15(19)18-20-14;1-2(3)4/h1-4,9,11,13,17H,5-8H2,(H,18,19);1H3,(H,3,4)/t11-,13+;/m1./s1. The molecular formula is C17H21ClN2O4. The molecule has 0 saturated carbocycles. The number of nitrogens with one attached hydrogen (secondary N) is 2. The lowest BCUT2D eigenvalue weighted by Crippen LogP contribution is -2.38. The van der Waals surface area contributed by atoms with E-state index in [9.17, 15) is 4.79 Å². The van der Waals surface area contributed by atoms with Gasteiger partial charge >= 0.3 is 0 Å². The fraction of sp³-hybridized carbons (Fsp3) is 0.412. The summed E-state index contributed by atoms with van der Waals surface area (Å²) in [5, 5.41) is 14.1.